The maximum Gasteiger partial charge on any atom is 0.133 e. The number of aliphatic hydroxyl groups excluding tert-OH is 1. The normalized spacial score (nSPS) is 15.8. The lowest BCUT2D eigenvalue weighted by molar-refractivity contribution is 0.121. The Labute approximate surface area is 85.9 Å². The zero-order chi connectivity index (χ0) is 10.0. The number of nitrogens with zero attached hydrogens (tertiary/aromatic N) is 2. The zero-order valence-electron chi connectivity index (χ0n) is 7.74. The summed E-state index contributed by atoms with van der Waals surface area (Å²) in [7, 11) is 1.81. The smallest absolute Gasteiger partial charge is 0.133 e. The molecule has 2 atom stereocenters. The Morgan fingerprint density at radius 3 is 2.77 bits per heavy atom. The van der Waals surface area contributed by atoms with Crippen molar-refractivity contribution in [3.63, 3.8) is 0 Å². The molecule has 0 aromatic carbocycles. The molecule has 0 aliphatic carbocycles. The summed E-state index contributed by atoms with van der Waals surface area (Å²) in [5.41, 5.74) is 6.26. The molecule has 0 spiro atoms. The van der Waals surface area contributed by atoms with Gasteiger partial charge in [0.25, 0.3) is 0 Å². The molecule has 0 saturated heterocycles. The van der Waals surface area contributed by atoms with Crippen LogP contribution in [0.25, 0.3) is 0 Å². The van der Waals surface area contributed by atoms with E-state index in [0.29, 0.717) is 11.1 Å². The fourth-order valence-corrected chi connectivity index (χ4v) is 1.70. The summed E-state index contributed by atoms with van der Waals surface area (Å²) in [6.45, 7) is 2.37. The van der Waals surface area contributed by atoms with Gasteiger partial charge in [-0.2, -0.15) is 5.10 Å². The van der Waals surface area contributed by atoms with Gasteiger partial charge in [0.2, 0.25) is 0 Å². The molecule has 2 unspecified atom stereocenters. The molecule has 0 saturated carbocycles. The van der Waals surface area contributed by atoms with Crippen molar-refractivity contribution in [1.29, 1.82) is 0 Å². The SMILES string of the molecule is CC(CN)C(O)c1cn(C)nc1Br. The monoisotopic (exact) mass is 247 g/mol. The molecule has 0 aliphatic rings. The Morgan fingerprint density at radius 1 is 1.77 bits per heavy atom. The first-order chi connectivity index (χ1) is 6.06. The first-order valence-electron chi connectivity index (χ1n) is 4.13. The van der Waals surface area contributed by atoms with Crippen LogP contribution in [0.15, 0.2) is 10.8 Å². The number of aliphatic hydroxyl groups is 1. The van der Waals surface area contributed by atoms with E-state index in [9.17, 15) is 5.11 Å². The number of hydrogen-bond acceptors (Lipinski definition) is 3. The van der Waals surface area contributed by atoms with Crippen LogP contribution in [0.3, 0.4) is 0 Å². The Morgan fingerprint density at radius 2 is 2.38 bits per heavy atom. The van der Waals surface area contributed by atoms with Gasteiger partial charge >= 0.3 is 0 Å². The van der Waals surface area contributed by atoms with Crippen LogP contribution in [-0.4, -0.2) is 21.4 Å². The Kier molecular flexibility index (Phi) is 3.47. The summed E-state index contributed by atoms with van der Waals surface area (Å²) in [6, 6.07) is 0. The molecule has 1 aromatic heterocycles. The number of aromatic nitrogens is 2. The van der Waals surface area contributed by atoms with Gasteiger partial charge in [-0.15, -0.1) is 0 Å². The van der Waals surface area contributed by atoms with Gasteiger partial charge in [0.05, 0.1) is 6.10 Å². The van der Waals surface area contributed by atoms with Crippen LogP contribution in [0.1, 0.15) is 18.6 Å². The molecule has 4 nitrogen and oxygen atoms in total. The van der Waals surface area contributed by atoms with Crippen LogP contribution in [0.4, 0.5) is 0 Å². The minimum absolute atomic E-state index is 0.0421. The molecule has 1 aromatic rings. The van der Waals surface area contributed by atoms with E-state index in [-0.39, 0.29) is 5.92 Å². The number of aryl methyl sites for hydroxylation is 1. The zero-order valence-corrected chi connectivity index (χ0v) is 9.32. The minimum Gasteiger partial charge on any atom is -0.388 e. The van der Waals surface area contributed by atoms with Crippen LogP contribution in [0.2, 0.25) is 0 Å². The van der Waals surface area contributed by atoms with Crippen molar-refractivity contribution in [3.8, 4) is 0 Å². The number of rotatable bonds is 3. The van der Waals surface area contributed by atoms with Crippen LogP contribution in [-0.2, 0) is 7.05 Å². The predicted octanol–water partition coefficient (Wildman–Crippen LogP) is 0.811. The van der Waals surface area contributed by atoms with Gasteiger partial charge in [0, 0.05) is 18.8 Å². The molecule has 13 heavy (non-hydrogen) atoms. The second-order valence-electron chi connectivity index (χ2n) is 3.21. The van der Waals surface area contributed by atoms with Gasteiger partial charge in [0.15, 0.2) is 0 Å². The Balaban J connectivity index is 2.87. The van der Waals surface area contributed by atoms with E-state index in [0.717, 1.165) is 5.56 Å². The van der Waals surface area contributed by atoms with Gasteiger partial charge in [-0.05, 0) is 28.4 Å². The predicted molar refractivity (Wildman–Crippen MR) is 54.1 cm³/mol. The summed E-state index contributed by atoms with van der Waals surface area (Å²) in [5.74, 6) is 0.0421. The molecule has 0 amide bonds. The molecular formula is C8H14BrN3O. The van der Waals surface area contributed by atoms with Crippen molar-refractivity contribution in [2.24, 2.45) is 18.7 Å². The quantitative estimate of drug-likeness (QED) is 0.832. The van der Waals surface area contributed by atoms with Gasteiger partial charge in [0.1, 0.15) is 4.60 Å². The average molecular weight is 248 g/mol. The lowest BCUT2D eigenvalue weighted by atomic mass is 10.0. The molecule has 5 heteroatoms. The van der Waals surface area contributed by atoms with Crippen LogP contribution in [0, 0.1) is 5.92 Å². The third-order valence-electron chi connectivity index (χ3n) is 2.04. The maximum atomic E-state index is 9.82. The molecule has 0 aliphatic heterocycles. The number of nitrogens with two attached hydrogens (primary N) is 1. The van der Waals surface area contributed by atoms with E-state index in [2.05, 4.69) is 21.0 Å². The highest BCUT2D eigenvalue weighted by molar-refractivity contribution is 9.10. The standard InChI is InChI=1S/C8H14BrN3O/c1-5(3-10)7(13)6-4-12(2)11-8(6)9/h4-5,7,13H,3,10H2,1-2H3. The highest BCUT2D eigenvalue weighted by Crippen LogP contribution is 2.26. The van der Waals surface area contributed by atoms with Crippen molar-refractivity contribution < 1.29 is 5.11 Å². The highest BCUT2D eigenvalue weighted by atomic mass is 79.9. The van der Waals surface area contributed by atoms with Gasteiger partial charge in [-0.3, -0.25) is 4.68 Å². The Bertz CT molecular complexity index is 287. The van der Waals surface area contributed by atoms with Crippen molar-refractivity contribution >= 4 is 15.9 Å². The van der Waals surface area contributed by atoms with Gasteiger partial charge in [-0.1, -0.05) is 6.92 Å². The van der Waals surface area contributed by atoms with E-state index in [1.54, 1.807) is 10.9 Å². The summed E-state index contributed by atoms with van der Waals surface area (Å²) >= 11 is 3.28. The van der Waals surface area contributed by atoms with Crippen LogP contribution in [0.5, 0.6) is 0 Å². The molecule has 1 rings (SSSR count). The first kappa shape index (κ1) is 10.7. The molecular weight excluding hydrogens is 234 g/mol. The molecule has 0 bridgehead atoms. The van der Waals surface area contributed by atoms with E-state index in [1.807, 2.05) is 14.0 Å². The third-order valence-corrected chi connectivity index (χ3v) is 2.66. The van der Waals surface area contributed by atoms with Crippen molar-refractivity contribution in [2.45, 2.75) is 13.0 Å². The largest absolute Gasteiger partial charge is 0.388 e. The fourth-order valence-electron chi connectivity index (χ4n) is 1.11. The number of hydrogen-bond donors (Lipinski definition) is 2. The summed E-state index contributed by atoms with van der Waals surface area (Å²) < 4.78 is 2.34. The summed E-state index contributed by atoms with van der Waals surface area (Å²) in [4.78, 5) is 0. The highest BCUT2D eigenvalue weighted by Gasteiger charge is 2.19. The lowest BCUT2D eigenvalue weighted by Crippen LogP contribution is -2.18. The molecule has 74 valence electrons. The van der Waals surface area contributed by atoms with E-state index in [4.69, 9.17) is 5.73 Å². The fraction of sp³-hybridized carbons (Fsp3) is 0.625. The summed E-state index contributed by atoms with van der Waals surface area (Å²) in [6.07, 6.45) is 1.24. The van der Waals surface area contributed by atoms with Gasteiger partial charge < -0.3 is 10.8 Å². The third kappa shape index (κ3) is 2.30. The topological polar surface area (TPSA) is 64.1 Å². The van der Waals surface area contributed by atoms with Gasteiger partial charge in [-0.25, -0.2) is 0 Å². The molecule has 0 radical (unpaired) electrons. The van der Waals surface area contributed by atoms with Crippen LogP contribution >= 0.6 is 15.9 Å². The first-order valence-corrected chi connectivity index (χ1v) is 4.92. The molecule has 0 fully saturated rings. The van der Waals surface area contributed by atoms with Crippen molar-refractivity contribution in [2.75, 3.05) is 6.54 Å². The average Bonchev–Trinajstić information content (AvgIpc) is 2.42. The van der Waals surface area contributed by atoms with E-state index >= 15 is 0 Å². The van der Waals surface area contributed by atoms with E-state index in [1.165, 1.54) is 0 Å². The van der Waals surface area contributed by atoms with Crippen molar-refractivity contribution in [3.05, 3.63) is 16.4 Å². The summed E-state index contributed by atoms with van der Waals surface area (Å²) in [5, 5.41) is 13.9. The van der Waals surface area contributed by atoms with Crippen molar-refractivity contribution in [1.82, 2.24) is 9.78 Å². The van der Waals surface area contributed by atoms with Crippen LogP contribution < -0.4 is 5.73 Å². The number of halogens is 1. The molecule has 3 N–H and O–H groups in total. The second-order valence-corrected chi connectivity index (χ2v) is 3.96. The Hall–Kier alpha value is -0.390. The second kappa shape index (κ2) is 4.21. The maximum absolute atomic E-state index is 9.82. The lowest BCUT2D eigenvalue weighted by Gasteiger charge is -2.15. The minimum atomic E-state index is -0.548. The van der Waals surface area contributed by atoms with E-state index < -0.39 is 6.10 Å². The molecule has 1 heterocycles.